The molecular weight excluding hydrogens is 224 g/mol. The van der Waals surface area contributed by atoms with E-state index >= 15 is 0 Å². The standard InChI is InChI=1S/C16H20O2/c1-18-16(17)15-13-8-7-11(9-13)10-14(15)12-5-3-2-4-6-12/h2-6,11,13-15H,7-10H2,1H3/t11-,13?,14+,15?/m0/s1. The van der Waals surface area contributed by atoms with Gasteiger partial charge in [-0.2, -0.15) is 0 Å². The molecule has 2 aliphatic carbocycles. The fourth-order valence-electron chi connectivity index (χ4n) is 4.02. The van der Waals surface area contributed by atoms with E-state index in [0.29, 0.717) is 11.8 Å². The lowest BCUT2D eigenvalue weighted by Crippen LogP contribution is -2.33. The molecule has 2 heteroatoms. The van der Waals surface area contributed by atoms with Gasteiger partial charge >= 0.3 is 5.97 Å². The molecule has 2 nitrogen and oxygen atoms in total. The Balaban J connectivity index is 1.93. The van der Waals surface area contributed by atoms with Crippen molar-refractivity contribution in [3.63, 3.8) is 0 Å². The number of hydrogen-bond acceptors (Lipinski definition) is 2. The molecule has 0 amide bonds. The molecule has 4 atom stereocenters. The van der Waals surface area contributed by atoms with E-state index in [4.69, 9.17) is 4.74 Å². The second kappa shape index (κ2) is 4.75. The van der Waals surface area contributed by atoms with Crippen LogP contribution in [0.5, 0.6) is 0 Å². The highest BCUT2D eigenvalue weighted by molar-refractivity contribution is 5.74. The predicted octanol–water partition coefficient (Wildman–Crippen LogP) is 3.38. The van der Waals surface area contributed by atoms with Crippen LogP contribution in [-0.2, 0) is 9.53 Å². The number of rotatable bonds is 2. The van der Waals surface area contributed by atoms with Crippen molar-refractivity contribution in [3.05, 3.63) is 35.9 Å². The summed E-state index contributed by atoms with van der Waals surface area (Å²) in [4.78, 5) is 12.1. The summed E-state index contributed by atoms with van der Waals surface area (Å²) < 4.78 is 5.05. The van der Waals surface area contributed by atoms with Crippen molar-refractivity contribution in [2.24, 2.45) is 17.8 Å². The van der Waals surface area contributed by atoms with E-state index in [1.807, 2.05) is 6.07 Å². The number of esters is 1. The molecule has 0 aromatic heterocycles. The number of methoxy groups -OCH3 is 1. The molecule has 0 N–H and O–H groups in total. The third-order valence-corrected chi connectivity index (χ3v) is 4.81. The van der Waals surface area contributed by atoms with Crippen molar-refractivity contribution in [2.45, 2.75) is 31.6 Å². The molecule has 2 aliphatic rings. The van der Waals surface area contributed by atoms with Crippen molar-refractivity contribution in [3.8, 4) is 0 Å². The highest BCUT2D eigenvalue weighted by Crippen LogP contribution is 2.52. The Morgan fingerprint density at radius 2 is 1.94 bits per heavy atom. The number of hydrogen-bond donors (Lipinski definition) is 0. The Hall–Kier alpha value is -1.31. The molecule has 0 aliphatic heterocycles. The van der Waals surface area contributed by atoms with Gasteiger partial charge in [0.1, 0.15) is 0 Å². The molecule has 2 unspecified atom stereocenters. The third kappa shape index (κ3) is 1.94. The lowest BCUT2D eigenvalue weighted by Gasteiger charge is -2.35. The first-order valence-corrected chi connectivity index (χ1v) is 6.92. The minimum Gasteiger partial charge on any atom is -0.469 e. The third-order valence-electron chi connectivity index (χ3n) is 4.81. The molecule has 2 fully saturated rings. The summed E-state index contributed by atoms with van der Waals surface area (Å²) in [5.74, 6) is 1.80. The van der Waals surface area contributed by atoms with E-state index in [2.05, 4.69) is 24.3 Å². The van der Waals surface area contributed by atoms with Gasteiger partial charge in [-0.25, -0.2) is 0 Å². The highest BCUT2D eigenvalue weighted by Gasteiger charge is 2.46. The van der Waals surface area contributed by atoms with E-state index < -0.39 is 0 Å². The van der Waals surface area contributed by atoms with Gasteiger partial charge in [0.05, 0.1) is 13.0 Å². The molecule has 3 rings (SSSR count). The summed E-state index contributed by atoms with van der Waals surface area (Å²) in [7, 11) is 1.52. The van der Waals surface area contributed by atoms with E-state index in [0.717, 1.165) is 12.3 Å². The minimum atomic E-state index is -0.00537. The summed E-state index contributed by atoms with van der Waals surface area (Å²) in [6.45, 7) is 0. The van der Waals surface area contributed by atoms with Crippen LogP contribution >= 0.6 is 0 Å². The predicted molar refractivity (Wildman–Crippen MR) is 70.1 cm³/mol. The van der Waals surface area contributed by atoms with Crippen molar-refractivity contribution in [1.82, 2.24) is 0 Å². The molecule has 0 spiro atoms. The highest BCUT2D eigenvalue weighted by atomic mass is 16.5. The number of carbonyl (C=O) groups excluding carboxylic acids is 1. The summed E-state index contributed by atoms with van der Waals surface area (Å²) >= 11 is 0. The van der Waals surface area contributed by atoms with Gasteiger partial charge in [0, 0.05) is 0 Å². The maximum atomic E-state index is 12.1. The topological polar surface area (TPSA) is 26.3 Å². The zero-order chi connectivity index (χ0) is 12.5. The quantitative estimate of drug-likeness (QED) is 0.745. The van der Waals surface area contributed by atoms with Crippen LogP contribution < -0.4 is 0 Å². The minimum absolute atomic E-state index is 0.00537. The Morgan fingerprint density at radius 1 is 1.17 bits per heavy atom. The number of fused-ring (bicyclic) bond motifs is 2. The molecule has 1 aromatic carbocycles. The molecule has 2 saturated carbocycles. The summed E-state index contributed by atoms with van der Waals surface area (Å²) in [6.07, 6.45) is 4.87. The molecule has 96 valence electrons. The first-order chi connectivity index (χ1) is 8.79. The smallest absolute Gasteiger partial charge is 0.309 e. The zero-order valence-electron chi connectivity index (χ0n) is 10.8. The average molecular weight is 244 g/mol. The van der Waals surface area contributed by atoms with Crippen molar-refractivity contribution < 1.29 is 9.53 Å². The summed E-state index contributed by atoms with van der Waals surface area (Å²) in [5.41, 5.74) is 1.31. The van der Waals surface area contributed by atoms with Crippen LogP contribution in [0.25, 0.3) is 0 Å². The van der Waals surface area contributed by atoms with Crippen LogP contribution in [0.1, 0.15) is 37.2 Å². The van der Waals surface area contributed by atoms with Gasteiger partial charge in [-0.05, 0) is 42.6 Å². The van der Waals surface area contributed by atoms with Crippen molar-refractivity contribution in [2.75, 3.05) is 7.11 Å². The largest absolute Gasteiger partial charge is 0.469 e. The molecule has 1 aromatic rings. The van der Waals surface area contributed by atoms with Crippen molar-refractivity contribution >= 4 is 5.97 Å². The van der Waals surface area contributed by atoms with Gasteiger partial charge in [0.2, 0.25) is 0 Å². The van der Waals surface area contributed by atoms with Crippen LogP contribution in [0, 0.1) is 17.8 Å². The van der Waals surface area contributed by atoms with E-state index in [1.165, 1.54) is 31.9 Å². The second-order valence-electron chi connectivity index (χ2n) is 5.74. The molecule has 0 heterocycles. The van der Waals surface area contributed by atoms with E-state index in [9.17, 15) is 4.79 Å². The van der Waals surface area contributed by atoms with E-state index in [-0.39, 0.29) is 11.9 Å². The average Bonchev–Trinajstić information content (AvgIpc) is 2.80. The Labute approximate surface area is 108 Å². The monoisotopic (exact) mass is 244 g/mol. The number of carbonyl (C=O) groups is 1. The number of ether oxygens (including phenoxy) is 1. The van der Waals surface area contributed by atoms with Gasteiger partial charge in [-0.1, -0.05) is 36.8 Å². The van der Waals surface area contributed by atoms with Crippen molar-refractivity contribution in [1.29, 1.82) is 0 Å². The molecule has 0 radical (unpaired) electrons. The van der Waals surface area contributed by atoms with Crippen LogP contribution in [-0.4, -0.2) is 13.1 Å². The van der Waals surface area contributed by atoms with Crippen LogP contribution in [0.3, 0.4) is 0 Å². The van der Waals surface area contributed by atoms with Gasteiger partial charge in [-0.15, -0.1) is 0 Å². The van der Waals surface area contributed by atoms with E-state index in [1.54, 1.807) is 0 Å². The normalized spacial score (nSPS) is 34.3. The van der Waals surface area contributed by atoms with Gasteiger partial charge in [0.25, 0.3) is 0 Å². The fraction of sp³-hybridized carbons (Fsp3) is 0.562. The Morgan fingerprint density at radius 3 is 2.67 bits per heavy atom. The summed E-state index contributed by atoms with van der Waals surface area (Å²) in [6, 6.07) is 10.5. The van der Waals surface area contributed by atoms with Crippen LogP contribution in [0.2, 0.25) is 0 Å². The van der Waals surface area contributed by atoms with Crippen LogP contribution in [0.4, 0.5) is 0 Å². The maximum Gasteiger partial charge on any atom is 0.309 e. The SMILES string of the molecule is COC(=O)C1C2CC[C@@H](C2)C[C@@H]1c1ccccc1. The zero-order valence-corrected chi connectivity index (χ0v) is 10.8. The number of benzene rings is 1. The lowest BCUT2D eigenvalue weighted by molar-refractivity contribution is -0.149. The van der Waals surface area contributed by atoms with Gasteiger partial charge in [-0.3, -0.25) is 4.79 Å². The summed E-state index contributed by atoms with van der Waals surface area (Å²) in [5, 5.41) is 0. The molecular formula is C16H20O2. The maximum absolute atomic E-state index is 12.1. The van der Waals surface area contributed by atoms with Gasteiger partial charge in [0.15, 0.2) is 0 Å². The van der Waals surface area contributed by atoms with Gasteiger partial charge < -0.3 is 4.74 Å². The first kappa shape index (κ1) is 11.8. The Bertz CT molecular complexity index is 426. The molecule has 2 bridgehead atoms. The molecule has 18 heavy (non-hydrogen) atoms. The Kier molecular flexibility index (Phi) is 3.11. The fourth-order valence-corrected chi connectivity index (χ4v) is 4.02. The lowest BCUT2D eigenvalue weighted by atomic mass is 9.69. The second-order valence-corrected chi connectivity index (χ2v) is 5.74. The van der Waals surface area contributed by atoms with Crippen LogP contribution in [0.15, 0.2) is 30.3 Å². The first-order valence-electron chi connectivity index (χ1n) is 6.92. The molecule has 0 saturated heterocycles.